The van der Waals surface area contributed by atoms with Crippen LogP contribution in [0.3, 0.4) is 0 Å². The first kappa shape index (κ1) is 14.3. The SMILES string of the molecule is CC(C)(CCNc1ccc2c(c1)OCCO2)C(N)=NO. The van der Waals surface area contributed by atoms with Crippen molar-refractivity contribution in [3.8, 4) is 11.5 Å². The number of ether oxygens (including phenoxy) is 2. The first-order chi connectivity index (χ1) is 9.53. The van der Waals surface area contributed by atoms with Gasteiger partial charge in [0.1, 0.15) is 19.0 Å². The third-order valence-electron chi connectivity index (χ3n) is 3.42. The topological polar surface area (TPSA) is 89.1 Å². The minimum atomic E-state index is -0.352. The molecule has 4 N–H and O–H groups in total. The summed E-state index contributed by atoms with van der Waals surface area (Å²) in [5.41, 5.74) is 6.27. The number of rotatable bonds is 5. The van der Waals surface area contributed by atoms with Gasteiger partial charge in [-0.15, -0.1) is 0 Å². The Labute approximate surface area is 118 Å². The van der Waals surface area contributed by atoms with Gasteiger partial charge in [0.25, 0.3) is 0 Å². The highest BCUT2D eigenvalue weighted by Gasteiger charge is 2.23. The van der Waals surface area contributed by atoms with Crippen LogP contribution in [0.4, 0.5) is 5.69 Å². The van der Waals surface area contributed by atoms with Gasteiger partial charge >= 0.3 is 0 Å². The minimum Gasteiger partial charge on any atom is -0.486 e. The van der Waals surface area contributed by atoms with E-state index in [1.165, 1.54) is 0 Å². The summed E-state index contributed by atoms with van der Waals surface area (Å²) < 4.78 is 11.0. The van der Waals surface area contributed by atoms with Gasteiger partial charge < -0.3 is 25.7 Å². The van der Waals surface area contributed by atoms with Crippen LogP contribution in [0.2, 0.25) is 0 Å². The molecule has 6 nitrogen and oxygen atoms in total. The maximum Gasteiger partial charge on any atom is 0.163 e. The normalized spacial score (nSPS) is 15.0. The highest BCUT2D eigenvalue weighted by molar-refractivity contribution is 5.85. The van der Waals surface area contributed by atoms with Gasteiger partial charge in [0.15, 0.2) is 11.5 Å². The number of benzene rings is 1. The zero-order valence-corrected chi connectivity index (χ0v) is 11.8. The second kappa shape index (κ2) is 5.90. The maximum absolute atomic E-state index is 8.73. The number of fused-ring (bicyclic) bond motifs is 1. The predicted octanol–water partition coefficient (Wildman–Crippen LogP) is 2.03. The van der Waals surface area contributed by atoms with Crippen LogP contribution in [-0.2, 0) is 0 Å². The summed E-state index contributed by atoms with van der Waals surface area (Å²) in [5, 5.41) is 15.1. The summed E-state index contributed by atoms with van der Waals surface area (Å²) >= 11 is 0. The standard InChI is InChI=1S/C14H21N3O3/c1-14(2,13(15)17-18)5-6-16-10-3-4-11-12(9-10)20-8-7-19-11/h3-4,9,16,18H,5-8H2,1-2H3,(H2,15,17). The van der Waals surface area contributed by atoms with Crippen LogP contribution in [0.5, 0.6) is 11.5 Å². The van der Waals surface area contributed by atoms with Crippen molar-refractivity contribution in [2.24, 2.45) is 16.3 Å². The highest BCUT2D eigenvalue weighted by Crippen LogP contribution is 2.32. The number of anilines is 1. The van der Waals surface area contributed by atoms with Crippen molar-refractivity contribution in [2.45, 2.75) is 20.3 Å². The van der Waals surface area contributed by atoms with Crippen molar-refractivity contribution < 1.29 is 14.7 Å². The molecule has 1 aromatic carbocycles. The highest BCUT2D eigenvalue weighted by atomic mass is 16.6. The fourth-order valence-corrected chi connectivity index (χ4v) is 1.94. The molecule has 2 rings (SSSR count). The Kier molecular flexibility index (Phi) is 4.22. The molecule has 0 spiro atoms. The van der Waals surface area contributed by atoms with Gasteiger partial charge in [0.05, 0.1) is 0 Å². The van der Waals surface area contributed by atoms with E-state index in [-0.39, 0.29) is 11.3 Å². The van der Waals surface area contributed by atoms with E-state index in [0.29, 0.717) is 19.8 Å². The Morgan fingerprint density at radius 2 is 2.05 bits per heavy atom. The van der Waals surface area contributed by atoms with Gasteiger partial charge in [-0.3, -0.25) is 0 Å². The summed E-state index contributed by atoms with van der Waals surface area (Å²) in [6.07, 6.45) is 0.747. The number of oxime groups is 1. The number of nitrogens with two attached hydrogens (primary N) is 1. The molecular weight excluding hydrogens is 258 g/mol. The third-order valence-corrected chi connectivity index (χ3v) is 3.42. The number of hydrogen-bond donors (Lipinski definition) is 3. The average molecular weight is 279 g/mol. The molecule has 20 heavy (non-hydrogen) atoms. The van der Waals surface area contributed by atoms with Crippen molar-refractivity contribution in [3.63, 3.8) is 0 Å². The Morgan fingerprint density at radius 1 is 1.35 bits per heavy atom. The second-order valence-electron chi connectivity index (χ2n) is 5.40. The Morgan fingerprint density at radius 3 is 2.75 bits per heavy atom. The monoisotopic (exact) mass is 279 g/mol. The van der Waals surface area contributed by atoms with Crippen LogP contribution >= 0.6 is 0 Å². The molecule has 0 saturated carbocycles. The molecule has 1 aliphatic heterocycles. The van der Waals surface area contributed by atoms with E-state index < -0.39 is 0 Å². The lowest BCUT2D eigenvalue weighted by molar-refractivity contribution is 0.171. The maximum atomic E-state index is 8.73. The molecule has 0 radical (unpaired) electrons. The molecule has 0 bridgehead atoms. The Hall–Kier alpha value is -2.11. The van der Waals surface area contributed by atoms with E-state index in [9.17, 15) is 0 Å². The van der Waals surface area contributed by atoms with E-state index in [2.05, 4.69) is 10.5 Å². The third kappa shape index (κ3) is 3.26. The summed E-state index contributed by atoms with van der Waals surface area (Å²) in [6, 6.07) is 5.76. The van der Waals surface area contributed by atoms with Gasteiger partial charge in [-0.2, -0.15) is 0 Å². The van der Waals surface area contributed by atoms with E-state index in [1.807, 2.05) is 32.0 Å². The summed E-state index contributed by atoms with van der Waals surface area (Å²) in [4.78, 5) is 0. The van der Waals surface area contributed by atoms with Crippen molar-refractivity contribution in [1.29, 1.82) is 0 Å². The molecule has 110 valence electrons. The smallest absolute Gasteiger partial charge is 0.163 e. The van der Waals surface area contributed by atoms with E-state index in [4.69, 9.17) is 20.4 Å². The molecule has 0 atom stereocenters. The molecule has 1 heterocycles. The molecule has 0 unspecified atom stereocenters. The summed E-state index contributed by atoms with van der Waals surface area (Å²) in [5.74, 6) is 1.78. The van der Waals surface area contributed by atoms with Crippen molar-refractivity contribution in [2.75, 3.05) is 25.1 Å². The number of amidine groups is 1. The van der Waals surface area contributed by atoms with Gasteiger partial charge in [-0.05, 0) is 18.6 Å². The number of nitrogens with zero attached hydrogens (tertiary/aromatic N) is 1. The van der Waals surface area contributed by atoms with Crippen LogP contribution in [0.15, 0.2) is 23.4 Å². The predicted molar refractivity (Wildman–Crippen MR) is 77.7 cm³/mol. The molecule has 1 aliphatic rings. The molecule has 0 aromatic heterocycles. The van der Waals surface area contributed by atoms with Crippen molar-refractivity contribution in [1.82, 2.24) is 0 Å². The fraction of sp³-hybridized carbons (Fsp3) is 0.500. The van der Waals surface area contributed by atoms with Gasteiger partial charge in [0.2, 0.25) is 0 Å². The summed E-state index contributed by atoms with van der Waals surface area (Å²) in [7, 11) is 0. The lowest BCUT2D eigenvalue weighted by atomic mass is 9.88. The molecular formula is C14H21N3O3. The Balaban J connectivity index is 1.91. The quantitative estimate of drug-likeness (QED) is 0.332. The van der Waals surface area contributed by atoms with Crippen LogP contribution in [0.25, 0.3) is 0 Å². The van der Waals surface area contributed by atoms with Gasteiger partial charge in [-0.1, -0.05) is 19.0 Å². The number of hydrogen-bond acceptors (Lipinski definition) is 5. The molecule has 0 saturated heterocycles. The van der Waals surface area contributed by atoms with E-state index in [0.717, 1.165) is 23.6 Å². The molecule has 0 fully saturated rings. The van der Waals surface area contributed by atoms with E-state index in [1.54, 1.807) is 0 Å². The lowest BCUT2D eigenvalue weighted by Crippen LogP contribution is -2.33. The largest absolute Gasteiger partial charge is 0.486 e. The minimum absolute atomic E-state index is 0.237. The average Bonchev–Trinajstić information content (AvgIpc) is 2.46. The van der Waals surface area contributed by atoms with Crippen LogP contribution in [0, 0.1) is 5.41 Å². The first-order valence-corrected chi connectivity index (χ1v) is 6.64. The lowest BCUT2D eigenvalue weighted by Gasteiger charge is -2.23. The summed E-state index contributed by atoms with van der Waals surface area (Å²) in [6.45, 7) is 5.75. The fourth-order valence-electron chi connectivity index (χ4n) is 1.94. The molecule has 6 heteroatoms. The van der Waals surface area contributed by atoms with Crippen molar-refractivity contribution >= 4 is 11.5 Å². The van der Waals surface area contributed by atoms with Crippen LogP contribution < -0.4 is 20.5 Å². The molecule has 0 amide bonds. The Bertz CT molecular complexity index is 500. The zero-order valence-electron chi connectivity index (χ0n) is 11.8. The van der Waals surface area contributed by atoms with Gasteiger partial charge in [0, 0.05) is 23.7 Å². The van der Waals surface area contributed by atoms with Gasteiger partial charge in [-0.25, -0.2) is 0 Å². The van der Waals surface area contributed by atoms with Crippen LogP contribution in [-0.4, -0.2) is 30.8 Å². The number of nitrogens with one attached hydrogen (secondary N) is 1. The first-order valence-electron chi connectivity index (χ1n) is 6.64. The zero-order chi connectivity index (χ0) is 14.6. The second-order valence-corrected chi connectivity index (χ2v) is 5.40. The van der Waals surface area contributed by atoms with Crippen LogP contribution in [0.1, 0.15) is 20.3 Å². The molecule has 1 aromatic rings. The van der Waals surface area contributed by atoms with E-state index >= 15 is 0 Å². The molecule has 0 aliphatic carbocycles. The van der Waals surface area contributed by atoms with Crippen molar-refractivity contribution in [3.05, 3.63) is 18.2 Å².